The topological polar surface area (TPSA) is 50.1 Å². The Morgan fingerprint density at radius 2 is 2.29 bits per heavy atom. The maximum Gasteiger partial charge on any atom is 0.310 e. The highest BCUT2D eigenvalue weighted by Crippen LogP contribution is 2.23. The number of alkyl halides is 1. The first kappa shape index (κ1) is 14.0. The molecule has 0 N–H and O–H groups in total. The minimum absolute atomic E-state index is 0.0921. The second kappa shape index (κ2) is 6.63. The first-order chi connectivity index (χ1) is 8.12. The highest BCUT2D eigenvalue weighted by molar-refractivity contribution is 9.08. The van der Waals surface area contributed by atoms with Crippen molar-refractivity contribution >= 4 is 33.5 Å². The number of ether oxygens (including phenoxy) is 1. The number of benzene rings is 1. The zero-order valence-electron chi connectivity index (χ0n) is 9.30. The average Bonchev–Trinajstić information content (AvgIpc) is 2.31. The zero-order valence-corrected chi connectivity index (χ0v) is 11.6. The average molecular weight is 317 g/mol. The van der Waals surface area contributed by atoms with Gasteiger partial charge in [0.15, 0.2) is 0 Å². The first-order valence-electron chi connectivity index (χ1n) is 5.05. The van der Waals surface area contributed by atoms with Crippen LogP contribution >= 0.6 is 27.5 Å². The molecule has 1 aromatic carbocycles. The van der Waals surface area contributed by atoms with Gasteiger partial charge in [0, 0.05) is 10.4 Å². The van der Waals surface area contributed by atoms with Crippen LogP contribution in [-0.4, -0.2) is 12.6 Å². The lowest BCUT2D eigenvalue weighted by Crippen LogP contribution is -2.10. The Hall–Kier alpha value is -1.05. The third-order valence-corrected chi connectivity index (χ3v) is 3.02. The van der Waals surface area contributed by atoms with E-state index in [1.165, 1.54) is 0 Å². The van der Waals surface area contributed by atoms with E-state index in [4.69, 9.17) is 21.6 Å². The predicted octanol–water partition coefficient (Wildman–Crippen LogP) is 3.21. The summed E-state index contributed by atoms with van der Waals surface area (Å²) >= 11 is 9.20. The number of esters is 1. The Balaban J connectivity index is 3.12. The number of carbonyl (C=O) groups is 1. The summed E-state index contributed by atoms with van der Waals surface area (Å²) in [4.78, 5) is 11.5. The first-order valence-corrected chi connectivity index (χ1v) is 6.55. The Labute approximate surface area is 113 Å². The second-order valence-electron chi connectivity index (χ2n) is 3.32. The van der Waals surface area contributed by atoms with Crippen LogP contribution in [0.4, 0.5) is 0 Å². The summed E-state index contributed by atoms with van der Waals surface area (Å²) in [6.45, 7) is 2.08. The quantitative estimate of drug-likeness (QED) is 0.633. The van der Waals surface area contributed by atoms with Gasteiger partial charge in [-0.25, -0.2) is 0 Å². The summed E-state index contributed by atoms with van der Waals surface area (Å²) in [6, 6.07) is 5.35. The van der Waals surface area contributed by atoms with Crippen LogP contribution in [0.15, 0.2) is 12.1 Å². The summed E-state index contributed by atoms with van der Waals surface area (Å²) in [5, 5.41) is 10.1. The molecular formula is C12H11BrClNO2. The standard InChI is InChI=1S/C12H11BrClNO2/c1-2-17-12(16)5-11-8(6-13)3-10(14)4-9(11)7-15/h3-4H,2,5-6H2,1H3. The molecule has 3 nitrogen and oxygen atoms in total. The second-order valence-corrected chi connectivity index (χ2v) is 4.32. The molecule has 17 heavy (non-hydrogen) atoms. The summed E-state index contributed by atoms with van der Waals surface area (Å²) in [7, 11) is 0. The van der Waals surface area contributed by atoms with Gasteiger partial charge >= 0.3 is 5.97 Å². The highest BCUT2D eigenvalue weighted by Gasteiger charge is 2.14. The molecular weight excluding hydrogens is 305 g/mol. The molecule has 0 aliphatic carbocycles. The summed E-state index contributed by atoms with van der Waals surface area (Å²) in [6.07, 6.45) is 0.0921. The van der Waals surface area contributed by atoms with Gasteiger partial charge in [-0.2, -0.15) is 5.26 Å². The molecule has 0 bridgehead atoms. The van der Waals surface area contributed by atoms with Crippen molar-refractivity contribution in [3.05, 3.63) is 33.8 Å². The molecule has 0 atom stereocenters. The van der Waals surface area contributed by atoms with E-state index in [0.29, 0.717) is 28.1 Å². The van der Waals surface area contributed by atoms with Crippen LogP contribution in [-0.2, 0) is 21.3 Å². The number of halogens is 2. The van der Waals surface area contributed by atoms with Crippen molar-refractivity contribution < 1.29 is 9.53 Å². The lowest BCUT2D eigenvalue weighted by atomic mass is 10.00. The van der Waals surface area contributed by atoms with Gasteiger partial charge in [-0.1, -0.05) is 27.5 Å². The van der Waals surface area contributed by atoms with Crippen molar-refractivity contribution in [2.24, 2.45) is 0 Å². The summed E-state index contributed by atoms with van der Waals surface area (Å²) in [5.74, 6) is -0.339. The van der Waals surface area contributed by atoms with Crippen molar-refractivity contribution in [3.8, 4) is 6.07 Å². The van der Waals surface area contributed by atoms with Crippen LogP contribution in [0, 0.1) is 11.3 Å². The Kier molecular flexibility index (Phi) is 5.46. The molecule has 90 valence electrons. The normalized spacial score (nSPS) is 9.76. The number of nitrogens with zero attached hydrogens (tertiary/aromatic N) is 1. The molecule has 0 aliphatic heterocycles. The lowest BCUT2D eigenvalue weighted by molar-refractivity contribution is -0.142. The Morgan fingerprint density at radius 1 is 1.59 bits per heavy atom. The minimum Gasteiger partial charge on any atom is -0.466 e. The molecule has 5 heteroatoms. The molecule has 1 aromatic rings. The van der Waals surface area contributed by atoms with E-state index in [1.807, 2.05) is 6.07 Å². The third-order valence-electron chi connectivity index (χ3n) is 2.20. The van der Waals surface area contributed by atoms with Gasteiger partial charge in [0.25, 0.3) is 0 Å². The number of rotatable bonds is 4. The van der Waals surface area contributed by atoms with Crippen molar-refractivity contribution in [2.45, 2.75) is 18.7 Å². The van der Waals surface area contributed by atoms with Gasteiger partial charge in [-0.05, 0) is 30.2 Å². The third kappa shape index (κ3) is 3.72. The zero-order chi connectivity index (χ0) is 12.8. The molecule has 0 saturated heterocycles. The smallest absolute Gasteiger partial charge is 0.310 e. The van der Waals surface area contributed by atoms with Gasteiger partial charge in [-0.3, -0.25) is 4.79 Å². The molecule has 0 aromatic heterocycles. The fourth-order valence-corrected chi connectivity index (χ4v) is 2.22. The molecule has 0 saturated carbocycles. The monoisotopic (exact) mass is 315 g/mol. The van der Waals surface area contributed by atoms with E-state index in [2.05, 4.69) is 15.9 Å². The van der Waals surface area contributed by atoms with Crippen molar-refractivity contribution in [1.29, 1.82) is 5.26 Å². The van der Waals surface area contributed by atoms with Gasteiger partial charge in [0.05, 0.1) is 24.7 Å². The Morgan fingerprint density at radius 3 is 2.82 bits per heavy atom. The van der Waals surface area contributed by atoms with E-state index in [0.717, 1.165) is 5.56 Å². The van der Waals surface area contributed by atoms with Crippen molar-refractivity contribution in [3.63, 3.8) is 0 Å². The lowest BCUT2D eigenvalue weighted by Gasteiger charge is -2.09. The molecule has 0 heterocycles. The maximum absolute atomic E-state index is 11.5. The molecule has 1 rings (SSSR count). The number of hydrogen-bond donors (Lipinski definition) is 0. The van der Waals surface area contributed by atoms with Gasteiger partial charge in [0.2, 0.25) is 0 Å². The van der Waals surface area contributed by atoms with Crippen LogP contribution in [0.1, 0.15) is 23.6 Å². The van der Waals surface area contributed by atoms with Crippen LogP contribution in [0.5, 0.6) is 0 Å². The molecule has 0 amide bonds. The van der Waals surface area contributed by atoms with Gasteiger partial charge in [-0.15, -0.1) is 0 Å². The minimum atomic E-state index is -0.339. The fourth-order valence-electron chi connectivity index (χ4n) is 1.48. The summed E-state index contributed by atoms with van der Waals surface area (Å²) in [5.41, 5.74) is 1.93. The van der Waals surface area contributed by atoms with E-state index < -0.39 is 0 Å². The number of nitriles is 1. The van der Waals surface area contributed by atoms with E-state index in [-0.39, 0.29) is 12.4 Å². The molecule has 0 radical (unpaired) electrons. The van der Waals surface area contributed by atoms with Crippen molar-refractivity contribution in [1.82, 2.24) is 0 Å². The SMILES string of the molecule is CCOC(=O)Cc1c(C#N)cc(Cl)cc1CBr. The van der Waals surface area contributed by atoms with Gasteiger partial charge < -0.3 is 4.74 Å². The molecule has 0 spiro atoms. The van der Waals surface area contributed by atoms with Crippen LogP contribution in [0.3, 0.4) is 0 Å². The molecule has 0 fully saturated rings. The maximum atomic E-state index is 11.5. The molecule has 0 aliphatic rings. The largest absolute Gasteiger partial charge is 0.466 e. The number of carbonyl (C=O) groups excluding carboxylic acids is 1. The van der Waals surface area contributed by atoms with Crippen LogP contribution in [0.25, 0.3) is 0 Å². The van der Waals surface area contributed by atoms with Crippen LogP contribution < -0.4 is 0 Å². The summed E-state index contributed by atoms with van der Waals surface area (Å²) < 4.78 is 4.88. The number of hydrogen-bond acceptors (Lipinski definition) is 3. The van der Waals surface area contributed by atoms with Crippen LogP contribution in [0.2, 0.25) is 5.02 Å². The van der Waals surface area contributed by atoms with Crippen molar-refractivity contribution in [2.75, 3.05) is 6.61 Å². The van der Waals surface area contributed by atoms with E-state index >= 15 is 0 Å². The van der Waals surface area contributed by atoms with E-state index in [1.54, 1.807) is 19.1 Å². The Bertz CT molecular complexity index is 468. The molecule has 0 unspecified atom stereocenters. The fraction of sp³-hybridized carbons (Fsp3) is 0.333. The predicted molar refractivity (Wildman–Crippen MR) is 69.1 cm³/mol. The van der Waals surface area contributed by atoms with E-state index in [9.17, 15) is 4.79 Å². The van der Waals surface area contributed by atoms with Gasteiger partial charge in [0.1, 0.15) is 0 Å². The highest BCUT2D eigenvalue weighted by atomic mass is 79.9.